The molecule has 2 aliphatic heterocycles. The summed E-state index contributed by atoms with van der Waals surface area (Å²) in [6.45, 7) is 1.19. The minimum absolute atomic E-state index is 0.100. The van der Waals surface area contributed by atoms with Crippen LogP contribution in [-0.2, 0) is 20.7 Å². The Balaban J connectivity index is 1.33. The van der Waals surface area contributed by atoms with E-state index < -0.39 is 30.4 Å². The lowest BCUT2D eigenvalue weighted by Crippen LogP contribution is -2.43. The number of aliphatic hydroxyl groups excluding tert-OH is 2. The Morgan fingerprint density at radius 1 is 1.21 bits per heavy atom. The van der Waals surface area contributed by atoms with Crippen LogP contribution in [-0.4, -0.2) is 91.2 Å². The quantitative estimate of drug-likeness (QED) is 0.433. The largest absolute Gasteiger partial charge is 0.453 e. The molecule has 34 heavy (non-hydrogen) atoms. The molecule has 1 saturated carbocycles. The highest BCUT2D eigenvalue weighted by Crippen LogP contribution is 2.33. The van der Waals surface area contributed by atoms with Gasteiger partial charge in [0.1, 0.15) is 23.5 Å². The number of nitrogens with zero attached hydrogens (tertiary/aromatic N) is 5. The van der Waals surface area contributed by atoms with Crippen molar-refractivity contribution in [2.24, 2.45) is 5.92 Å². The van der Waals surface area contributed by atoms with Gasteiger partial charge in [-0.2, -0.15) is 0 Å². The number of likely N-dealkylation sites (tertiary alicyclic amines) is 1. The number of piperidine rings is 1. The third kappa shape index (κ3) is 4.26. The lowest BCUT2D eigenvalue weighted by Gasteiger charge is -2.30. The second-order valence-corrected chi connectivity index (χ2v) is 9.17. The maximum atomic E-state index is 12.4. The van der Waals surface area contributed by atoms with Crippen molar-refractivity contribution in [3.63, 3.8) is 0 Å². The van der Waals surface area contributed by atoms with E-state index in [1.165, 1.54) is 18.0 Å². The summed E-state index contributed by atoms with van der Waals surface area (Å²) in [5.41, 5.74) is 6.84. The van der Waals surface area contributed by atoms with Gasteiger partial charge in [-0.15, -0.1) is 0 Å². The van der Waals surface area contributed by atoms with E-state index in [0.29, 0.717) is 36.5 Å². The van der Waals surface area contributed by atoms with Crippen LogP contribution in [0.1, 0.15) is 37.7 Å². The summed E-state index contributed by atoms with van der Waals surface area (Å²) in [7, 11) is 1.37. The summed E-state index contributed by atoms with van der Waals surface area (Å²) in [5, 5.41) is 23.9. The van der Waals surface area contributed by atoms with Crippen LogP contribution in [0.4, 0.5) is 10.6 Å². The summed E-state index contributed by atoms with van der Waals surface area (Å²) in [5.74, 6) is 0.523. The number of hydrogen-bond acceptors (Lipinski definition) is 10. The predicted octanol–water partition coefficient (Wildman–Crippen LogP) is -0.673. The molecular formula is C21H29N7O6. The van der Waals surface area contributed by atoms with Gasteiger partial charge in [0.25, 0.3) is 5.91 Å². The average Bonchev–Trinajstić information content (AvgIpc) is 3.46. The summed E-state index contributed by atoms with van der Waals surface area (Å²) in [6, 6.07) is 0.100. The molecule has 3 aliphatic rings. The number of amides is 2. The van der Waals surface area contributed by atoms with Gasteiger partial charge in [-0.05, 0) is 31.6 Å². The number of carbonyl (C=O) groups is 2. The third-order valence-electron chi connectivity index (χ3n) is 6.71. The van der Waals surface area contributed by atoms with Crippen molar-refractivity contribution in [1.82, 2.24) is 29.7 Å². The van der Waals surface area contributed by atoms with Crippen molar-refractivity contribution >= 4 is 29.0 Å². The Morgan fingerprint density at radius 2 is 1.94 bits per heavy atom. The van der Waals surface area contributed by atoms with Gasteiger partial charge in [0, 0.05) is 25.6 Å². The Hall–Kier alpha value is -3.03. The molecule has 2 saturated heterocycles. The van der Waals surface area contributed by atoms with Crippen molar-refractivity contribution in [3.05, 3.63) is 12.2 Å². The van der Waals surface area contributed by atoms with Gasteiger partial charge < -0.3 is 35.6 Å². The zero-order chi connectivity index (χ0) is 24.0. The lowest BCUT2D eigenvalue weighted by atomic mass is 9.93. The molecule has 1 aliphatic carbocycles. The number of aliphatic hydroxyl groups is 2. The Bertz CT molecular complexity index is 1080. The molecule has 2 amide bonds. The van der Waals surface area contributed by atoms with Crippen LogP contribution in [0.25, 0.3) is 11.2 Å². The van der Waals surface area contributed by atoms with E-state index in [0.717, 1.165) is 25.7 Å². The molecule has 13 nitrogen and oxygen atoms in total. The second-order valence-electron chi connectivity index (χ2n) is 9.17. The van der Waals surface area contributed by atoms with Crippen LogP contribution in [0.5, 0.6) is 0 Å². The normalized spacial score (nSPS) is 27.8. The van der Waals surface area contributed by atoms with Crippen molar-refractivity contribution < 1.29 is 29.3 Å². The number of fused-ring (bicyclic) bond motifs is 1. The first-order valence-corrected chi connectivity index (χ1v) is 11.5. The molecule has 0 spiro atoms. The van der Waals surface area contributed by atoms with Crippen LogP contribution in [0, 0.1) is 5.92 Å². The fourth-order valence-electron chi connectivity index (χ4n) is 4.59. The molecule has 0 bridgehead atoms. The second kappa shape index (κ2) is 8.96. The van der Waals surface area contributed by atoms with Gasteiger partial charge in [0.05, 0.1) is 13.4 Å². The smallest absolute Gasteiger partial charge is 0.409 e. The number of anilines is 1. The molecule has 184 valence electrons. The summed E-state index contributed by atoms with van der Waals surface area (Å²) < 4.78 is 12.0. The van der Waals surface area contributed by atoms with Gasteiger partial charge in [0.15, 0.2) is 23.8 Å². The number of nitrogens with two attached hydrogens (primary N) is 1. The highest BCUT2D eigenvalue weighted by atomic mass is 16.6. The number of carbonyl (C=O) groups excluding carboxylic acids is 2. The molecule has 2 aromatic rings. The van der Waals surface area contributed by atoms with E-state index in [1.54, 1.807) is 4.90 Å². The van der Waals surface area contributed by atoms with E-state index >= 15 is 0 Å². The first kappa shape index (κ1) is 22.7. The minimum atomic E-state index is -1.39. The van der Waals surface area contributed by atoms with Gasteiger partial charge in [0.2, 0.25) is 0 Å². The molecule has 2 aromatic heterocycles. The summed E-state index contributed by atoms with van der Waals surface area (Å²) in [6.07, 6.45) is 0.00594. The minimum Gasteiger partial charge on any atom is -0.453 e. The van der Waals surface area contributed by atoms with Gasteiger partial charge in [-0.3, -0.25) is 9.36 Å². The molecule has 3 fully saturated rings. The maximum absolute atomic E-state index is 12.4. The van der Waals surface area contributed by atoms with Gasteiger partial charge >= 0.3 is 6.09 Å². The number of imidazole rings is 1. The Morgan fingerprint density at radius 3 is 2.62 bits per heavy atom. The van der Waals surface area contributed by atoms with Gasteiger partial charge in [-0.1, -0.05) is 0 Å². The number of hydrogen-bond donors (Lipinski definition) is 4. The van der Waals surface area contributed by atoms with E-state index in [2.05, 4.69) is 20.3 Å². The topological polar surface area (TPSA) is 178 Å². The fourth-order valence-corrected chi connectivity index (χ4v) is 4.59. The molecular weight excluding hydrogens is 446 g/mol. The predicted molar refractivity (Wildman–Crippen MR) is 117 cm³/mol. The van der Waals surface area contributed by atoms with E-state index in [1.807, 2.05) is 0 Å². The zero-order valence-corrected chi connectivity index (χ0v) is 18.8. The van der Waals surface area contributed by atoms with Crippen LogP contribution < -0.4 is 11.1 Å². The highest BCUT2D eigenvalue weighted by molar-refractivity contribution is 5.83. The standard InChI is InChI=1S/C21H29N7O6/c1-33-21(32)27-6-4-10(5-7-27)8-12-25-17(22)13-18(26-12)28(9-23-13)20-15(30)14(29)16(34-20)19(31)24-11-2-3-11/h9-11,14-16,20,29-30H,2-8H2,1H3,(H,24,31)(H2,22,25,26). The molecule has 5 N–H and O–H groups in total. The number of methoxy groups -OCH3 is 1. The number of rotatable bonds is 5. The van der Waals surface area contributed by atoms with E-state index in [9.17, 15) is 19.8 Å². The first-order valence-electron chi connectivity index (χ1n) is 11.5. The summed E-state index contributed by atoms with van der Waals surface area (Å²) >= 11 is 0. The molecule has 0 aromatic carbocycles. The highest BCUT2D eigenvalue weighted by Gasteiger charge is 2.48. The van der Waals surface area contributed by atoms with Crippen molar-refractivity contribution in [1.29, 1.82) is 0 Å². The molecule has 13 heteroatoms. The Labute approximate surface area is 195 Å². The summed E-state index contributed by atoms with van der Waals surface area (Å²) in [4.78, 5) is 39.1. The van der Waals surface area contributed by atoms with Crippen LogP contribution in [0.15, 0.2) is 6.33 Å². The van der Waals surface area contributed by atoms with Crippen LogP contribution >= 0.6 is 0 Å². The number of aromatic nitrogens is 4. The number of ether oxygens (including phenoxy) is 2. The van der Waals surface area contributed by atoms with Crippen molar-refractivity contribution in [3.8, 4) is 0 Å². The third-order valence-corrected chi connectivity index (χ3v) is 6.71. The average molecular weight is 476 g/mol. The zero-order valence-electron chi connectivity index (χ0n) is 18.8. The van der Waals surface area contributed by atoms with Gasteiger partial charge in [-0.25, -0.2) is 19.7 Å². The van der Waals surface area contributed by atoms with Crippen molar-refractivity contribution in [2.45, 2.75) is 62.7 Å². The van der Waals surface area contributed by atoms with Crippen molar-refractivity contribution in [2.75, 3.05) is 25.9 Å². The van der Waals surface area contributed by atoms with E-state index in [-0.39, 0.29) is 23.9 Å². The molecule has 4 heterocycles. The Kier molecular flexibility index (Phi) is 6.00. The van der Waals surface area contributed by atoms with Crippen LogP contribution in [0.3, 0.4) is 0 Å². The number of nitrogens with one attached hydrogen (secondary N) is 1. The first-order chi connectivity index (χ1) is 16.4. The van der Waals surface area contributed by atoms with Crippen LogP contribution in [0.2, 0.25) is 0 Å². The lowest BCUT2D eigenvalue weighted by molar-refractivity contribution is -0.137. The molecule has 4 atom stereocenters. The molecule has 4 unspecified atom stereocenters. The number of nitrogen functional groups attached to an aromatic ring is 1. The molecule has 5 rings (SSSR count). The van der Waals surface area contributed by atoms with E-state index in [4.69, 9.17) is 15.2 Å². The maximum Gasteiger partial charge on any atom is 0.409 e. The fraction of sp³-hybridized carbons (Fsp3) is 0.667. The monoisotopic (exact) mass is 475 g/mol. The SMILES string of the molecule is COC(=O)N1CCC(Cc2nc(N)c3ncn(C4OC(C(=O)NC5CC5)C(O)C4O)c3n2)CC1. The molecule has 0 radical (unpaired) electrons.